The molecule has 1 aliphatic heterocycles. The Morgan fingerprint density at radius 3 is 2.23 bits per heavy atom. The minimum absolute atomic E-state index is 0.0937. The number of hydrogen-bond donors (Lipinski definition) is 0. The van der Waals surface area contributed by atoms with Crippen LogP contribution in [-0.4, -0.2) is 33.7 Å². The van der Waals surface area contributed by atoms with E-state index in [4.69, 9.17) is 0 Å². The highest BCUT2D eigenvalue weighted by molar-refractivity contribution is 5.95. The van der Waals surface area contributed by atoms with Gasteiger partial charge in [-0.15, -0.1) is 0 Å². The molecule has 0 unspecified atom stereocenters. The van der Waals surface area contributed by atoms with Crippen LogP contribution in [0.4, 0.5) is 0 Å². The third-order valence-electron chi connectivity index (χ3n) is 5.29. The Hall–Kier alpha value is -2.88. The molecule has 2 heterocycles. The second kappa shape index (κ2) is 7.16. The van der Waals surface area contributed by atoms with E-state index in [9.17, 15) is 4.79 Å². The Balaban J connectivity index is 1.47. The number of nitrogens with zero attached hydrogens (tertiary/aromatic N) is 3. The van der Waals surface area contributed by atoms with E-state index in [-0.39, 0.29) is 5.91 Å². The van der Waals surface area contributed by atoms with E-state index in [0.717, 1.165) is 37.3 Å². The van der Waals surface area contributed by atoms with Crippen LogP contribution < -0.4 is 0 Å². The summed E-state index contributed by atoms with van der Waals surface area (Å²) in [5.41, 5.74) is 3.96. The number of carbonyl (C=O) groups excluding carboxylic acids is 1. The van der Waals surface area contributed by atoms with Crippen LogP contribution in [0.15, 0.2) is 66.9 Å². The van der Waals surface area contributed by atoms with Gasteiger partial charge in [0.05, 0.1) is 23.1 Å². The van der Waals surface area contributed by atoms with Gasteiger partial charge in [0.2, 0.25) is 0 Å². The third-order valence-corrected chi connectivity index (χ3v) is 5.29. The molecule has 0 N–H and O–H groups in total. The average Bonchev–Trinajstić information content (AvgIpc) is 3.10. The normalized spacial score (nSPS) is 15.2. The van der Waals surface area contributed by atoms with Gasteiger partial charge in [-0.1, -0.05) is 48.5 Å². The van der Waals surface area contributed by atoms with Gasteiger partial charge >= 0.3 is 0 Å². The van der Waals surface area contributed by atoms with Crippen LogP contribution in [0.3, 0.4) is 0 Å². The molecule has 1 amide bonds. The summed E-state index contributed by atoms with van der Waals surface area (Å²) in [6.07, 6.45) is 3.73. The van der Waals surface area contributed by atoms with Gasteiger partial charge in [0, 0.05) is 13.1 Å². The molecule has 1 aromatic heterocycles. The summed E-state index contributed by atoms with van der Waals surface area (Å²) >= 11 is 0. The van der Waals surface area contributed by atoms with Crippen molar-refractivity contribution in [3.05, 3.63) is 83.7 Å². The zero-order valence-electron chi connectivity index (χ0n) is 15.0. The molecule has 1 fully saturated rings. The molecule has 1 aliphatic rings. The Kier molecular flexibility index (Phi) is 4.57. The van der Waals surface area contributed by atoms with Crippen LogP contribution in [0.25, 0.3) is 5.69 Å². The summed E-state index contributed by atoms with van der Waals surface area (Å²) < 4.78 is 1.84. The van der Waals surface area contributed by atoms with E-state index in [1.165, 1.54) is 5.56 Å². The molecule has 0 spiro atoms. The largest absolute Gasteiger partial charge is 0.338 e. The van der Waals surface area contributed by atoms with Crippen molar-refractivity contribution in [3.63, 3.8) is 0 Å². The molecule has 2 aromatic carbocycles. The first-order valence-corrected chi connectivity index (χ1v) is 9.18. The van der Waals surface area contributed by atoms with Crippen LogP contribution in [0.2, 0.25) is 0 Å². The van der Waals surface area contributed by atoms with Gasteiger partial charge in [-0.05, 0) is 43.4 Å². The Bertz CT molecular complexity index is 878. The molecule has 0 aliphatic carbocycles. The maximum absolute atomic E-state index is 13.0. The fourth-order valence-corrected chi connectivity index (χ4v) is 3.76. The van der Waals surface area contributed by atoms with Gasteiger partial charge in [0.25, 0.3) is 5.91 Å². The quantitative estimate of drug-likeness (QED) is 0.713. The highest BCUT2D eigenvalue weighted by Gasteiger charge is 2.26. The predicted molar refractivity (Wildman–Crippen MR) is 103 cm³/mol. The number of carbonyl (C=O) groups is 1. The van der Waals surface area contributed by atoms with Crippen LogP contribution in [-0.2, 0) is 0 Å². The fraction of sp³-hybridized carbons (Fsp3) is 0.273. The number of para-hydroxylation sites is 1. The zero-order chi connectivity index (χ0) is 17.9. The molecule has 26 heavy (non-hydrogen) atoms. The standard InChI is InChI=1S/C22H23N3O/c1-17-21(16-23-25(17)20-10-6-3-7-11-20)22(26)24-14-12-19(13-15-24)18-8-4-2-5-9-18/h2-11,16,19H,12-15H2,1H3. The van der Waals surface area contributed by atoms with Crippen molar-refractivity contribution < 1.29 is 4.79 Å². The Morgan fingerprint density at radius 1 is 0.962 bits per heavy atom. The maximum atomic E-state index is 13.0. The second-order valence-electron chi connectivity index (χ2n) is 6.87. The number of benzene rings is 2. The fourth-order valence-electron chi connectivity index (χ4n) is 3.76. The highest BCUT2D eigenvalue weighted by Crippen LogP contribution is 2.28. The van der Waals surface area contributed by atoms with Crippen LogP contribution in [0, 0.1) is 6.92 Å². The molecule has 3 aromatic rings. The molecule has 0 bridgehead atoms. The molecule has 0 atom stereocenters. The van der Waals surface area contributed by atoms with Gasteiger partial charge in [-0.3, -0.25) is 4.79 Å². The smallest absolute Gasteiger partial charge is 0.257 e. The SMILES string of the molecule is Cc1c(C(=O)N2CCC(c3ccccc3)CC2)cnn1-c1ccccc1. The minimum Gasteiger partial charge on any atom is -0.338 e. The highest BCUT2D eigenvalue weighted by atomic mass is 16.2. The first-order chi connectivity index (χ1) is 12.7. The number of aromatic nitrogens is 2. The first kappa shape index (κ1) is 16.6. The Morgan fingerprint density at radius 2 is 1.58 bits per heavy atom. The first-order valence-electron chi connectivity index (χ1n) is 9.18. The molecule has 0 saturated carbocycles. The van der Waals surface area contributed by atoms with Crippen molar-refractivity contribution in [2.24, 2.45) is 0 Å². The summed E-state index contributed by atoms with van der Waals surface area (Å²) in [5.74, 6) is 0.643. The predicted octanol–water partition coefficient (Wildman–Crippen LogP) is 4.20. The lowest BCUT2D eigenvalue weighted by Gasteiger charge is -2.32. The summed E-state index contributed by atoms with van der Waals surface area (Å²) in [4.78, 5) is 15.0. The van der Waals surface area contributed by atoms with Crippen LogP contribution in [0.5, 0.6) is 0 Å². The number of hydrogen-bond acceptors (Lipinski definition) is 2. The van der Waals surface area contributed by atoms with Gasteiger partial charge in [-0.25, -0.2) is 4.68 Å². The van der Waals surface area contributed by atoms with Gasteiger partial charge in [-0.2, -0.15) is 5.10 Å². The van der Waals surface area contributed by atoms with Crippen molar-refractivity contribution in [1.29, 1.82) is 0 Å². The lowest BCUT2D eigenvalue weighted by Crippen LogP contribution is -2.38. The summed E-state index contributed by atoms with van der Waals surface area (Å²) in [6, 6.07) is 20.5. The zero-order valence-corrected chi connectivity index (χ0v) is 15.0. The third kappa shape index (κ3) is 3.15. The topological polar surface area (TPSA) is 38.1 Å². The number of likely N-dealkylation sites (tertiary alicyclic amines) is 1. The van der Waals surface area contributed by atoms with E-state index >= 15 is 0 Å². The molecular weight excluding hydrogens is 322 g/mol. The maximum Gasteiger partial charge on any atom is 0.257 e. The molecule has 132 valence electrons. The van der Waals surface area contributed by atoms with E-state index < -0.39 is 0 Å². The number of rotatable bonds is 3. The molecule has 4 heteroatoms. The Labute approximate surface area is 154 Å². The molecule has 0 radical (unpaired) electrons. The van der Waals surface area contributed by atoms with Crippen LogP contribution >= 0.6 is 0 Å². The van der Waals surface area contributed by atoms with Crippen molar-refractivity contribution >= 4 is 5.91 Å². The molecule has 4 rings (SSSR count). The van der Waals surface area contributed by atoms with Crippen molar-refractivity contribution in [3.8, 4) is 5.69 Å². The van der Waals surface area contributed by atoms with E-state index in [1.807, 2.05) is 46.8 Å². The average molecular weight is 345 g/mol. The van der Waals surface area contributed by atoms with E-state index in [2.05, 4.69) is 35.4 Å². The monoisotopic (exact) mass is 345 g/mol. The summed E-state index contributed by atoms with van der Waals surface area (Å²) in [6.45, 7) is 3.56. The van der Waals surface area contributed by atoms with E-state index in [1.54, 1.807) is 6.20 Å². The van der Waals surface area contributed by atoms with Gasteiger partial charge < -0.3 is 4.90 Å². The summed E-state index contributed by atoms with van der Waals surface area (Å²) in [5, 5.41) is 4.43. The van der Waals surface area contributed by atoms with E-state index in [0.29, 0.717) is 11.5 Å². The molecule has 4 nitrogen and oxygen atoms in total. The number of amides is 1. The van der Waals surface area contributed by atoms with Crippen molar-refractivity contribution in [2.45, 2.75) is 25.7 Å². The molecular formula is C22H23N3O. The summed E-state index contributed by atoms with van der Waals surface area (Å²) in [7, 11) is 0. The number of piperidine rings is 1. The van der Waals surface area contributed by atoms with Crippen molar-refractivity contribution in [2.75, 3.05) is 13.1 Å². The van der Waals surface area contributed by atoms with Gasteiger partial charge in [0.1, 0.15) is 0 Å². The second-order valence-corrected chi connectivity index (χ2v) is 6.87. The lowest BCUT2D eigenvalue weighted by molar-refractivity contribution is 0.0712. The van der Waals surface area contributed by atoms with Gasteiger partial charge in [0.15, 0.2) is 0 Å². The molecule has 1 saturated heterocycles. The van der Waals surface area contributed by atoms with Crippen LogP contribution in [0.1, 0.15) is 40.4 Å². The lowest BCUT2D eigenvalue weighted by atomic mass is 9.89. The van der Waals surface area contributed by atoms with Crippen molar-refractivity contribution in [1.82, 2.24) is 14.7 Å². The minimum atomic E-state index is 0.0937.